The van der Waals surface area contributed by atoms with E-state index < -0.39 is 16.7 Å². The number of nitro benzene ring substituents is 1. The van der Waals surface area contributed by atoms with Crippen LogP contribution in [0.2, 0.25) is 0 Å². The fourth-order valence-corrected chi connectivity index (χ4v) is 3.16. The molecule has 8 nitrogen and oxygen atoms in total. The Kier molecular flexibility index (Phi) is 4.08. The molecule has 0 radical (unpaired) electrons. The molecule has 0 fully saturated rings. The van der Waals surface area contributed by atoms with Crippen molar-refractivity contribution >= 4 is 33.7 Å². The van der Waals surface area contributed by atoms with Gasteiger partial charge in [-0.1, -0.05) is 36.4 Å². The van der Waals surface area contributed by atoms with E-state index in [0.717, 1.165) is 10.8 Å². The number of carbonyl (C=O) groups excluding carboxylic acids is 2. The van der Waals surface area contributed by atoms with Gasteiger partial charge >= 0.3 is 5.97 Å². The van der Waals surface area contributed by atoms with Crippen LogP contribution in [0.4, 0.5) is 5.69 Å². The van der Waals surface area contributed by atoms with Gasteiger partial charge in [0.1, 0.15) is 5.69 Å². The van der Waals surface area contributed by atoms with Crippen molar-refractivity contribution in [3.63, 3.8) is 0 Å². The number of rotatable bonds is 4. The van der Waals surface area contributed by atoms with Crippen molar-refractivity contribution in [1.82, 2.24) is 9.61 Å². The lowest BCUT2D eigenvalue weighted by Gasteiger charge is -2.05. The maximum Gasteiger partial charge on any atom is 0.340 e. The number of benzene rings is 2. The maximum absolute atomic E-state index is 13.1. The first-order chi connectivity index (χ1) is 13.5. The van der Waals surface area contributed by atoms with E-state index in [9.17, 15) is 19.7 Å². The van der Waals surface area contributed by atoms with Gasteiger partial charge in [0, 0.05) is 28.5 Å². The number of carbonyl (C=O) groups is 2. The third kappa shape index (κ3) is 2.67. The highest BCUT2D eigenvalue weighted by Gasteiger charge is 2.24. The second-order valence-corrected chi connectivity index (χ2v) is 6.06. The molecule has 4 rings (SSSR count). The highest BCUT2D eigenvalue weighted by atomic mass is 16.6. The monoisotopic (exact) mass is 375 g/mol. The van der Waals surface area contributed by atoms with Crippen LogP contribution in [0, 0.1) is 10.1 Å². The number of hydrogen-bond acceptors (Lipinski definition) is 6. The Hall–Kier alpha value is -4.07. The SMILES string of the molecule is COC(=O)c1cc(C(=O)c2cccc([N+](=O)[O-])c2)n2ncc3ccccc3c12. The van der Waals surface area contributed by atoms with Crippen LogP contribution < -0.4 is 0 Å². The van der Waals surface area contributed by atoms with Gasteiger partial charge < -0.3 is 4.74 Å². The fourth-order valence-electron chi connectivity index (χ4n) is 3.16. The maximum atomic E-state index is 13.1. The number of nitrogens with zero attached hydrogens (tertiary/aromatic N) is 3. The van der Waals surface area contributed by atoms with Gasteiger partial charge in [-0.3, -0.25) is 14.9 Å². The van der Waals surface area contributed by atoms with Gasteiger partial charge in [0.05, 0.1) is 29.3 Å². The Morgan fingerprint density at radius 3 is 2.64 bits per heavy atom. The smallest absolute Gasteiger partial charge is 0.340 e. The number of fused-ring (bicyclic) bond motifs is 3. The number of hydrogen-bond donors (Lipinski definition) is 0. The summed E-state index contributed by atoms with van der Waals surface area (Å²) in [4.78, 5) is 35.8. The Balaban J connectivity index is 1.99. The number of methoxy groups -OCH3 is 1. The minimum absolute atomic E-state index is 0.113. The first-order valence-corrected chi connectivity index (χ1v) is 8.28. The molecule has 0 unspecified atom stereocenters. The summed E-state index contributed by atoms with van der Waals surface area (Å²) in [5, 5.41) is 16.9. The first kappa shape index (κ1) is 17.3. The number of nitro groups is 1. The summed E-state index contributed by atoms with van der Waals surface area (Å²) < 4.78 is 6.23. The minimum Gasteiger partial charge on any atom is -0.465 e. The molecule has 0 aliphatic heterocycles. The Labute approximate surface area is 158 Å². The molecule has 4 aromatic rings. The molecule has 138 valence electrons. The van der Waals surface area contributed by atoms with Gasteiger partial charge in [-0.05, 0) is 6.07 Å². The standard InChI is InChI=1S/C20H13N3O5/c1-28-20(25)16-10-17(19(24)12-6-4-7-14(9-12)23(26)27)22-18(16)15-8-3-2-5-13(15)11-21-22/h2-11H,1H3. The van der Waals surface area contributed by atoms with Crippen molar-refractivity contribution in [3.05, 3.63) is 87.7 Å². The van der Waals surface area contributed by atoms with E-state index in [4.69, 9.17) is 4.74 Å². The summed E-state index contributed by atoms with van der Waals surface area (Å²) in [5.41, 5.74) is 0.680. The van der Waals surface area contributed by atoms with Crippen LogP contribution in [0.3, 0.4) is 0 Å². The van der Waals surface area contributed by atoms with Crippen LogP contribution in [-0.4, -0.2) is 33.4 Å². The van der Waals surface area contributed by atoms with E-state index >= 15 is 0 Å². The van der Waals surface area contributed by atoms with Crippen LogP contribution in [0.25, 0.3) is 16.3 Å². The summed E-state index contributed by atoms with van der Waals surface area (Å²) in [6.45, 7) is 0. The van der Waals surface area contributed by atoms with Gasteiger partial charge in [0.15, 0.2) is 0 Å². The average molecular weight is 375 g/mol. The third-order valence-electron chi connectivity index (χ3n) is 4.46. The van der Waals surface area contributed by atoms with Crippen LogP contribution in [0.1, 0.15) is 26.4 Å². The van der Waals surface area contributed by atoms with Crippen molar-refractivity contribution in [1.29, 1.82) is 0 Å². The normalized spacial score (nSPS) is 10.9. The van der Waals surface area contributed by atoms with Gasteiger partial charge in [-0.2, -0.15) is 5.10 Å². The van der Waals surface area contributed by atoms with Crippen LogP contribution in [0.15, 0.2) is 60.8 Å². The number of aromatic nitrogens is 2. The summed E-state index contributed by atoms with van der Waals surface area (Å²) in [6.07, 6.45) is 1.59. The van der Waals surface area contributed by atoms with Gasteiger partial charge in [-0.25, -0.2) is 9.31 Å². The van der Waals surface area contributed by atoms with Crippen molar-refractivity contribution < 1.29 is 19.2 Å². The van der Waals surface area contributed by atoms with Crippen molar-refractivity contribution in [2.45, 2.75) is 0 Å². The van der Waals surface area contributed by atoms with E-state index in [1.165, 1.54) is 42.0 Å². The lowest BCUT2D eigenvalue weighted by atomic mass is 10.1. The highest BCUT2D eigenvalue weighted by Crippen LogP contribution is 2.27. The Bertz CT molecular complexity index is 1280. The number of non-ortho nitro benzene ring substituents is 1. The van der Waals surface area contributed by atoms with Crippen LogP contribution in [-0.2, 0) is 4.74 Å². The average Bonchev–Trinajstić information content (AvgIpc) is 3.13. The first-order valence-electron chi connectivity index (χ1n) is 8.28. The molecule has 0 saturated heterocycles. The van der Waals surface area contributed by atoms with Crippen molar-refractivity contribution in [2.24, 2.45) is 0 Å². The van der Waals surface area contributed by atoms with E-state index in [0.29, 0.717) is 5.52 Å². The molecular weight excluding hydrogens is 362 g/mol. The zero-order valence-electron chi connectivity index (χ0n) is 14.7. The second kappa shape index (κ2) is 6.58. The lowest BCUT2D eigenvalue weighted by molar-refractivity contribution is -0.384. The van der Waals surface area contributed by atoms with E-state index in [1.54, 1.807) is 6.20 Å². The largest absolute Gasteiger partial charge is 0.465 e. The summed E-state index contributed by atoms with van der Waals surface area (Å²) in [5.74, 6) is -1.09. The molecule has 28 heavy (non-hydrogen) atoms. The zero-order valence-corrected chi connectivity index (χ0v) is 14.7. The molecule has 0 N–H and O–H groups in total. The van der Waals surface area contributed by atoms with Gasteiger partial charge in [-0.15, -0.1) is 0 Å². The predicted molar refractivity (Wildman–Crippen MR) is 101 cm³/mol. The molecule has 0 atom stereocenters. The van der Waals surface area contributed by atoms with Crippen LogP contribution in [0.5, 0.6) is 0 Å². The molecule has 2 heterocycles. The quantitative estimate of drug-likeness (QED) is 0.234. The highest BCUT2D eigenvalue weighted by molar-refractivity contribution is 6.14. The van der Waals surface area contributed by atoms with E-state index in [1.807, 2.05) is 24.3 Å². The number of ketones is 1. The topological polar surface area (TPSA) is 104 Å². The Morgan fingerprint density at radius 2 is 1.89 bits per heavy atom. The molecule has 0 aliphatic rings. The molecule has 0 aliphatic carbocycles. The Morgan fingerprint density at radius 1 is 1.11 bits per heavy atom. The van der Waals surface area contributed by atoms with Gasteiger partial charge in [0.2, 0.25) is 5.78 Å². The molecule has 8 heteroatoms. The van der Waals surface area contributed by atoms with E-state index in [-0.39, 0.29) is 22.5 Å². The molecule has 0 bridgehead atoms. The number of esters is 1. The zero-order chi connectivity index (χ0) is 19.8. The van der Waals surface area contributed by atoms with E-state index in [2.05, 4.69) is 5.10 Å². The fraction of sp³-hybridized carbons (Fsp3) is 0.0500. The molecule has 0 saturated carbocycles. The van der Waals surface area contributed by atoms with Crippen molar-refractivity contribution in [2.75, 3.05) is 7.11 Å². The molecule has 2 aromatic heterocycles. The summed E-state index contributed by atoms with van der Waals surface area (Å²) >= 11 is 0. The summed E-state index contributed by atoms with van der Waals surface area (Å²) in [6, 6.07) is 14.1. The van der Waals surface area contributed by atoms with Crippen LogP contribution >= 0.6 is 0 Å². The predicted octanol–water partition coefficient (Wildman–Crippen LogP) is 3.41. The molecule has 0 amide bonds. The number of ether oxygens (including phenoxy) is 1. The lowest BCUT2D eigenvalue weighted by Crippen LogP contribution is -2.07. The summed E-state index contributed by atoms with van der Waals surface area (Å²) in [7, 11) is 1.26. The van der Waals surface area contributed by atoms with Crippen molar-refractivity contribution in [3.8, 4) is 0 Å². The second-order valence-electron chi connectivity index (χ2n) is 6.06. The molecular formula is C20H13N3O5. The van der Waals surface area contributed by atoms with Gasteiger partial charge in [0.25, 0.3) is 5.69 Å². The molecule has 2 aromatic carbocycles. The molecule has 0 spiro atoms. The third-order valence-corrected chi connectivity index (χ3v) is 4.46. The minimum atomic E-state index is -0.603.